The minimum atomic E-state index is 0.774. The number of hydrogen-bond acceptors (Lipinski definition) is 4. The van der Waals surface area contributed by atoms with Crippen molar-refractivity contribution in [2.24, 2.45) is 0 Å². The molecule has 0 atom stereocenters. The summed E-state index contributed by atoms with van der Waals surface area (Å²) < 4.78 is 0. The molecule has 1 saturated heterocycles. The van der Waals surface area contributed by atoms with Crippen LogP contribution in [-0.4, -0.2) is 37.1 Å². The second kappa shape index (κ2) is 7.68. The van der Waals surface area contributed by atoms with Gasteiger partial charge in [0, 0.05) is 25.1 Å². The number of nitrogens with zero attached hydrogens (tertiary/aromatic N) is 2. The molecule has 0 saturated carbocycles. The second-order valence-electron chi connectivity index (χ2n) is 4.10. The van der Waals surface area contributed by atoms with E-state index in [9.17, 15) is 0 Å². The Morgan fingerprint density at radius 3 is 2.29 bits per heavy atom. The van der Waals surface area contributed by atoms with Gasteiger partial charge in [-0.15, -0.1) is 0 Å². The fraction of sp³-hybridized carbons (Fsp3) is 0.462. The zero-order chi connectivity index (χ0) is 12.5. The van der Waals surface area contributed by atoms with Crippen molar-refractivity contribution in [2.45, 2.75) is 12.8 Å². The number of nitrogens with one attached hydrogen (secondary N) is 2. The van der Waals surface area contributed by atoms with Crippen LogP contribution in [0.3, 0.4) is 0 Å². The molecular weight excluding hydrogens is 212 g/mol. The van der Waals surface area contributed by atoms with E-state index in [1.165, 1.54) is 25.9 Å². The van der Waals surface area contributed by atoms with Gasteiger partial charge in [0.15, 0.2) is 0 Å². The second-order valence-corrected chi connectivity index (χ2v) is 4.10. The molecule has 1 fully saturated rings. The average Bonchev–Trinajstić information content (AvgIpc) is 2.82. The van der Waals surface area contributed by atoms with E-state index in [0.29, 0.717) is 0 Å². The molecule has 1 aliphatic rings. The van der Waals surface area contributed by atoms with Crippen LogP contribution < -0.4 is 10.6 Å². The van der Waals surface area contributed by atoms with Crippen molar-refractivity contribution in [3.05, 3.63) is 36.9 Å². The van der Waals surface area contributed by atoms with Crippen LogP contribution in [0.1, 0.15) is 12.8 Å². The minimum Gasteiger partial charge on any atom is -0.375 e. The molecule has 0 aromatic carbocycles. The van der Waals surface area contributed by atoms with Crippen molar-refractivity contribution in [3.63, 3.8) is 0 Å². The topological polar surface area (TPSA) is 40.2 Å². The quantitative estimate of drug-likeness (QED) is 0.838. The van der Waals surface area contributed by atoms with Crippen LogP contribution in [0.15, 0.2) is 36.9 Å². The summed E-state index contributed by atoms with van der Waals surface area (Å²) in [5.74, 6) is 0.774. The first kappa shape index (κ1) is 13.5. The summed E-state index contributed by atoms with van der Waals surface area (Å²) in [5.41, 5.74) is 0.986. The van der Waals surface area contributed by atoms with Crippen molar-refractivity contribution in [1.82, 2.24) is 15.2 Å². The number of anilines is 1. The van der Waals surface area contributed by atoms with E-state index in [0.717, 1.165) is 11.5 Å². The van der Waals surface area contributed by atoms with Crippen LogP contribution in [0.2, 0.25) is 0 Å². The largest absolute Gasteiger partial charge is 0.375 e. The Labute approximate surface area is 104 Å². The van der Waals surface area contributed by atoms with E-state index in [-0.39, 0.29) is 0 Å². The van der Waals surface area contributed by atoms with Gasteiger partial charge in [-0.05, 0) is 45.1 Å². The summed E-state index contributed by atoms with van der Waals surface area (Å²) in [7, 11) is 3.99. The molecule has 4 heteroatoms. The van der Waals surface area contributed by atoms with Crippen LogP contribution in [0.4, 0.5) is 5.69 Å². The monoisotopic (exact) mass is 234 g/mol. The number of rotatable bonds is 3. The Morgan fingerprint density at radius 1 is 1.29 bits per heavy atom. The Bertz CT molecular complexity index is 317. The summed E-state index contributed by atoms with van der Waals surface area (Å²) in [6.45, 7) is 6.36. The minimum absolute atomic E-state index is 0.774. The van der Waals surface area contributed by atoms with Crippen molar-refractivity contribution in [3.8, 4) is 0 Å². The first-order valence-electron chi connectivity index (χ1n) is 5.94. The summed E-state index contributed by atoms with van der Waals surface area (Å²) in [4.78, 5) is 6.25. The average molecular weight is 234 g/mol. The van der Waals surface area contributed by atoms with Crippen LogP contribution >= 0.6 is 0 Å². The van der Waals surface area contributed by atoms with Gasteiger partial charge in [0.05, 0.1) is 5.82 Å². The third-order valence-corrected chi connectivity index (χ3v) is 2.61. The van der Waals surface area contributed by atoms with Crippen LogP contribution in [0, 0.1) is 0 Å². The third-order valence-electron chi connectivity index (χ3n) is 2.61. The third kappa shape index (κ3) is 5.92. The first-order chi connectivity index (χ1) is 8.22. The highest BCUT2D eigenvalue weighted by atomic mass is 15.1. The van der Waals surface area contributed by atoms with Gasteiger partial charge in [-0.25, -0.2) is 0 Å². The van der Waals surface area contributed by atoms with Crippen LogP contribution in [0.5, 0.6) is 0 Å². The molecule has 94 valence electrons. The summed E-state index contributed by atoms with van der Waals surface area (Å²) in [6.07, 6.45) is 6.28. The van der Waals surface area contributed by atoms with Gasteiger partial charge in [0.1, 0.15) is 0 Å². The number of hydrogen-bond donors (Lipinski definition) is 2. The Kier molecular flexibility index (Phi) is 6.10. The molecule has 2 heterocycles. The highest BCUT2D eigenvalue weighted by Gasteiger charge is 2.03. The normalized spacial score (nSPS) is 14.7. The maximum atomic E-state index is 3.89. The van der Waals surface area contributed by atoms with Gasteiger partial charge in [0.25, 0.3) is 0 Å². The van der Waals surface area contributed by atoms with Gasteiger partial charge in [-0.1, -0.05) is 6.58 Å². The van der Waals surface area contributed by atoms with Crippen molar-refractivity contribution in [1.29, 1.82) is 0 Å². The summed E-state index contributed by atoms with van der Waals surface area (Å²) >= 11 is 0. The zero-order valence-corrected chi connectivity index (χ0v) is 10.7. The van der Waals surface area contributed by atoms with Gasteiger partial charge >= 0.3 is 0 Å². The fourth-order valence-electron chi connectivity index (χ4n) is 1.55. The fourth-order valence-corrected chi connectivity index (χ4v) is 1.55. The first-order valence-corrected chi connectivity index (χ1v) is 5.94. The molecular formula is C13H22N4. The summed E-state index contributed by atoms with van der Waals surface area (Å²) in [6, 6.07) is 3.76. The lowest BCUT2D eigenvalue weighted by Crippen LogP contribution is -2.12. The predicted octanol–water partition coefficient (Wildman–Crippen LogP) is 1.90. The Morgan fingerprint density at radius 2 is 1.88 bits per heavy atom. The Balaban J connectivity index is 0.000000202. The Hall–Kier alpha value is -1.55. The molecule has 1 aromatic heterocycles. The predicted molar refractivity (Wildman–Crippen MR) is 72.8 cm³/mol. The lowest BCUT2D eigenvalue weighted by molar-refractivity contribution is 0.418. The van der Waals surface area contributed by atoms with Crippen molar-refractivity contribution < 1.29 is 0 Å². The standard InChI is InChI=1S/C8H11N3.C5H11N/c1-7(9-2)11-8-3-5-10-6-4-8;1-6-4-2-3-5-6/h3-6,9H,1H2,2H3,(H,10,11);2-5H2,1H3. The molecule has 1 aliphatic heterocycles. The number of likely N-dealkylation sites (tertiary alicyclic amines) is 1. The maximum absolute atomic E-state index is 3.89. The lowest BCUT2D eigenvalue weighted by Gasteiger charge is -2.06. The summed E-state index contributed by atoms with van der Waals surface area (Å²) in [5, 5.41) is 5.93. The van der Waals surface area contributed by atoms with E-state index in [1.807, 2.05) is 19.2 Å². The van der Waals surface area contributed by atoms with E-state index in [4.69, 9.17) is 0 Å². The van der Waals surface area contributed by atoms with Crippen LogP contribution in [0.25, 0.3) is 0 Å². The number of aromatic nitrogens is 1. The van der Waals surface area contributed by atoms with E-state index in [2.05, 4.69) is 34.1 Å². The molecule has 0 bridgehead atoms. The molecule has 1 aromatic rings. The van der Waals surface area contributed by atoms with E-state index in [1.54, 1.807) is 12.4 Å². The van der Waals surface area contributed by atoms with Gasteiger partial charge in [0.2, 0.25) is 0 Å². The van der Waals surface area contributed by atoms with E-state index < -0.39 is 0 Å². The molecule has 2 N–H and O–H groups in total. The molecule has 0 amide bonds. The van der Waals surface area contributed by atoms with Crippen molar-refractivity contribution in [2.75, 3.05) is 32.5 Å². The molecule has 4 nitrogen and oxygen atoms in total. The van der Waals surface area contributed by atoms with Gasteiger partial charge in [-0.3, -0.25) is 4.98 Å². The number of pyridine rings is 1. The lowest BCUT2D eigenvalue weighted by atomic mass is 10.4. The van der Waals surface area contributed by atoms with Crippen LogP contribution in [-0.2, 0) is 0 Å². The highest BCUT2D eigenvalue weighted by Crippen LogP contribution is 2.04. The molecule has 0 aliphatic carbocycles. The maximum Gasteiger partial charge on any atom is 0.0954 e. The SMILES string of the molecule is C=C(NC)Nc1ccncc1.CN1CCCC1. The molecule has 17 heavy (non-hydrogen) atoms. The van der Waals surface area contributed by atoms with Gasteiger partial charge < -0.3 is 15.5 Å². The van der Waals surface area contributed by atoms with Gasteiger partial charge in [-0.2, -0.15) is 0 Å². The highest BCUT2D eigenvalue weighted by molar-refractivity contribution is 5.45. The molecule has 0 spiro atoms. The zero-order valence-electron chi connectivity index (χ0n) is 10.7. The molecule has 0 unspecified atom stereocenters. The van der Waals surface area contributed by atoms with E-state index >= 15 is 0 Å². The van der Waals surface area contributed by atoms with Crippen molar-refractivity contribution >= 4 is 5.69 Å². The smallest absolute Gasteiger partial charge is 0.0954 e. The molecule has 2 rings (SSSR count). The molecule has 0 radical (unpaired) electrons.